The summed E-state index contributed by atoms with van der Waals surface area (Å²) in [7, 11) is 0. The predicted molar refractivity (Wildman–Crippen MR) is 109 cm³/mol. The average Bonchev–Trinajstić information content (AvgIpc) is 2.63. The van der Waals surface area contributed by atoms with Crippen molar-refractivity contribution < 1.29 is 14.6 Å². The van der Waals surface area contributed by atoms with Gasteiger partial charge in [-0.3, -0.25) is 0 Å². The molecular weight excluding hydrogens is 336 g/mol. The van der Waals surface area contributed by atoms with Crippen molar-refractivity contribution in [2.24, 2.45) is 0 Å². The number of hydrogen-bond donors (Lipinski definition) is 1. The minimum absolute atomic E-state index is 0.101. The highest BCUT2D eigenvalue weighted by molar-refractivity contribution is 5.89. The van der Waals surface area contributed by atoms with Crippen LogP contribution < -0.4 is 0 Å². The molecule has 2 aromatic rings. The maximum Gasteiger partial charge on any atom is 0.336 e. The van der Waals surface area contributed by atoms with Crippen molar-refractivity contribution in [3.8, 4) is 0 Å². The number of fused-ring (bicyclic) bond motifs is 1. The summed E-state index contributed by atoms with van der Waals surface area (Å²) < 4.78 is 6.05. The number of benzene rings is 2. The molecule has 0 fully saturated rings. The molecule has 1 N–H and O–H groups in total. The van der Waals surface area contributed by atoms with Gasteiger partial charge >= 0.3 is 5.97 Å². The van der Waals surface area contributed by atoms with Gasteiger partial charge in [0.2, 0.25) is 0 Å². The lowest BCUT2D eigenvalue weighted by Crippen LogP contribution is -2.34. The van der Waals surface area contributed by atoms with Gasteiger partial charge in [0.25, 0.3) is 0 Å². The van der Waals surface area contributed by atoms with Gasteiger partial charge in [-0.1, -0.05) is 64.1 Å². The van der Waals surface area contributed by atoms with E-state index in [2.05, 4.69) is 45.9 Å². The summed E-state index contributed by atoms with van der Waals surface area (Å²) in [5.41, 5.74) is 5.04. The average molecular weight is 367 g/mol. The van der Waals surface area contributed by atoms with Crippen LogP contribution in [0.25, 0.3) is 0 Å². The van der Waals surface area contributed by atoms with Gasteiger partial charge in [0, 0.05) is 6.61 Å². The second-order valence-electron chi connectivity index (χ2n) is 8.80. The van der Waals surface area contributed by atoms with Crippen LogP contribution in [0.1, 0.15) is 86.2 Å². The lowest BCUT2D eigenvalue weighted by Gasteiger charge is -2.42. The summed E-state index contributed by atoms with van der Waals surface area (Å²) in [4.78, 5) is 11.7. The Balaban J connectivity index is 2.15. The van der Waals surface area contributed by atoms with Crippen LogP contribution in [0.4, 0.5) is 0 Å². The minimum Gasteiger partial charge on any atom is -0.478 e. The third kappa shape index (κ3) is 3.66. The van der Waals surface area contributed by atoms with Crippen molar-refractivity contribution in [2.75, 3.05) is 6.61 Å². The largest absolute Gasteiger partial charge is 0.478 e. The number of carboxylic acid groups (broad SMARTS) is 1. The summed E-state index contributed by atoms with van der Waals surface area (Å²) in [6.45, 7) is 11.7. The van der Waals surface area contributed by atoms with Crippen LogP contribution in [-0.4, -0.2) is 17.7 Å². The van der Waals surface area contributed by atoms with Crippen molar-refractivity contribution in [3.05, 3.63) is 70.3 Å². The summed E-state index contributed by atoms with van der Waals surface area (Å²) in [6, 6.07) is 13.7. The standard InChI is InChI=1S/C24H30O3/c1-6-27-21(17-9-7-8-10-18(17)22(25)26)16-11-12-19-20(15-16)24(4,5)14-13-23(19,2)3/h7-12,15,21H,6,13-14H2,1-5H3,(H,25,26). The van der Waals surface area contributed by atoms with Crippen LogP contribution in [0.2, 0.25) is 0 Å². The van der Waals surface area contributed by atoms with Crippen molar-refractivity contribution in [1.29, 1.82) is 0 Å². The number of hydrogen-bond acceptors (Lipinski definition) is 2. The smallest absolute Gasteiger partial charge is 0.336 e. The Hall–Kier alpha value is -2.13. The molecule has 0 saturated heterocycles. The van der Waals surface area contributed by atoms with E-state index in [1.54, 1.807) is 12.1 Å². The van der Waals surface area contributed by atoms with Gasteiger partial charge in [-0.05, 0) is 58.9 Å². The fourth-order valence-electron chi connectivity index (χ4n) is 4.22. The molecule has 0 bridgehead atoms. The highest BCUT2D eigenvalue weighted by Gasteiger charge is 2.37. The summed E-state index contributed by atoms with van der Waals surface area (Å²) in [5, 5.41) is 9.62. The molecule has 2 aromatic carbocycles. The zero-order chi connectivity index (χ0) is 19.8. The zero-order valence-corrected chi connectivity index (χ0v) is 17.0. The van der Waals surface area contributed by atoms with Gasteiger partial charge in [-0.15, -0.1) is 0 Å². The molecule has 0 radical (unpaired) electrons. The third-order valence-corrected chi connectivity index (χ3v) is 5.99. The zero-order valence-electron chi connectivity index (χ0n) is 17.0. The first-order chi connectivity index (χ1) is 12.7. The maximum atomic E-state index is 11.7. The van der Waals surface area contributed by atoms with E-state index < -0.39 is 5.97 Å². The first kappa shape index (κ1) is 19.6. The molecule has 3 rings (SSSR count). The van der Waals surface area contributed by atoms with Crippen molar-refractivity contribution >= 4 is 5.97 Å². The van der Waals surface area contributed by atoms with Gasteiger partial charge in [0.1, 0.15) is 6.10 Å². The highest BCUT2D eigenvalue weighted by atomic mass is 16.5. The van der Waals surface area contributed by atoms with Crippen LogP contribution in [0.5, 0.6) is 0 Å². The number of carbonyl (C=O) groups is 1. The molecule has 1 atom stereocenters. The first-order valence-electron chi connectivity index (χ1n) is 9.76. The molecule has 1 unspecified atom stereocenters. The molecule has 0 amide bonds. The Morgan fingerprint density at radius 1 is 1.04 bits per heavy atom. The van der Waals surface area contributed by atoms with E-state index in [1.807, 2.05) is 19.1 Å². The lowest BCUT2D eigenvalue weighted by atomic mass is 9.63. The Labute approximate surface area is 162 Å². The molecule has 3 heteroatoms. The normalized spacial score (nSPS) is 18.6. The minimum atomic E-state index is -0.922. The van der Waals surface area contributed by atoms with Gasteiger partial charge in [-0.2, -0.15) is 0 Å². The predicted octanol–water partition coefficient (Wildman–Crippen LogP) is 5.86. The van der Waals surface area contributed by atoms with E-state index >= 15 is 0 Å². The van der Waals surface area contributed by atoms with Gasteiger partial charge in [-0.25, -0.2) is 4.79 Å². The summed E-state index contributed by atoms with van der Waals surface area (Å²) in [5.74, 6) is -0.922. The highest BCUT2D eigenvalue weighted by Crippen LogP contribution is 2.46. The monoisotopic (exact) mass is 366 g/mol. The topological polar surface area (TPSA) is 46.5 Å². The quantitative estimate of drug-likeness (QED) is 0.721. The van der Waals surface area contributed by atoms with Crippen molar-refractivity contribution in [3.63, 3.8) is 0 Å². The summed E-state index contributed by atoms with van der Waals surface area (Å²) >= 11 is 0. The molecule has 0 spiro atoms. The van der Waals surface area contributed by atoms with E-state index in [1.165, 1.54) is 17.5 Å². The van der Waals surface area contributed by atoms with Crippen molar-refractivity contribution in [1.82, 2.24) is 0 Å². The van der Waals surface area contributed by atoms with E-state index in [0.717, 1.165) is 12.0 Å². The molecule has 0 heterocycles. The van der Waals surface area contributed by atoms with E-state index in [0.29, 0.717) is 17.7 Å². The van der Waals surface area contributed by atoms with Crippen LogP contribution in [-0.2, 0) is 15.6 Å². The fraction of sp³-hybridized carbons (Fsp3) is 0.458. The van der Waals surface area contributed by atoms with E-state index in [9.17, 15) is 9.90 Å². The molecule has 0 aromatic heterocycles. The maximum absolute atomic E-state index is 11.7. The fourth-order valence-corrected chi connectivity index (χ4v) is 4.22. The first-order valence-corrected chi connectivity index (χ1v) is 9.76. The Morgan fingerprint density at radius 2 is 1.67 bits per heavy atom. The van der Waals surface area contributed by atoms with Crippen LogP contribution >= 0.6 is 0 Å². The number of aromatic carboxylic acids is 1. The molecule has 0 aliphatic heterocycles. The molecule has 1 aliphatic rings. The van der Waals surface area contributed by atoms with Gasteiger partial charge in [0.05, 0.1) is 5.56 Å². The van der Waals surface area contributed by atoms with Crippen molar-refractivity contribution in [2.45, 2.75) is 64.4 Å². The number of ether oxygens (including phenoxy) is 1. The van der Waals surface area contributed by atoms with Gasteiger partial charge in [0.15, 0.2) is 0 Å². The Bertz CT molecular complexity index is 848. The Morgan fingerprint density at radius 3 is 2.30 bits per heavy atom. The van der Waals surface area contributed by atoms with Gasteiger partial charge < -0.3 is 9.84 Å². The van der Waals surface area contributed by atoms with Crippen LogP contribution in [0, 0.1) is 0 Å². The SMILES string of the molecule is CCOC(c1ccc2c(c1)C(C)(C)CCC2(C)C)c1ccccc1C(=O)O. The second kappa shape index (κ2) is 7.12. The van der Waals surface area contributed by atoms with E-state index in [-0.39, 0.29) is 16.9 Å². The Kier molecular flexibility index (Phi) is 5.18. The molecule has 27 heavy (non-hydrogen) atoms. The molecule has 3 nitrogen and oxygen atoms in total. The lowest BCUT2D eigenvalue weighted by molar-refractivity contribution is 0.0672. The third-order valence-electron chi connectivity index (χ3n) is 5.99. The molecule has 1 aliphatic carbocycles. The number of carboxylic acids is 1. The molecular formula is C24H30O3. The summed E-state index contributed by atoms with van der Waals surface area (Å²) in [6.07, 6.45) is 1.93. The van der Waals surface area contributed by atoms with Crippen LogP contribution in [0.3, 0.4) is 0 Å². The molecule has 144 valence electrons. The van der Waals surface area contributed by atoms with Crippen LogP contribution in [0.15, 0.2) is 42.5 Å². The van der Waals surface area contributed by atoms with E-state index in [4.69, 9.17) is 4.74 Å². The number of rotatable bonds is 5. The second-order valence-corrected chi connectivity index (χ2v) is 8.80. The molecule has 0 saturated carbocycles.